The summed E-state index contributed by atoms with van der Waals surface area (Å²) in [7, 11) is 0. The molecule has 186 valence electrons. The van der Waals surface area contributed by atoms with E-state index in [1.165, 1.54) is 11.8 Å². The Morgan fingerprint density at radius 3 is 2.61 bits per heavy atom. The molecule has 1 aromatic heterocycles. The van der Waals surface area contributed by atoms with Crippen molar-refractivity contribution in [2.24, 2.45) is 5.41 Å². The van der Waals surface area contributed by atoms with E-state index in [0.29, 0.717) is 35.2 Å². The molecule has 0 unspecified atom stereocenters. The van der Waals surface area contributed by atoms with Gasteiger partial charge in [0.2, 0.25) is 0 Å². The Kier molecular flexibility index (Phi) is 6.40. The smallest absolute Gasteiger partial charge is 0.256 e. The van der Waals surface area contributed by atoms with E-state index in [0.717, 1.165) is 65.8 Å². The summed E-state index contributed by atoms with van der Waals surface area (Å²) in [6, 6.07) is 14.0. The zero-order chi connectivity index (χ0) is 24.7. The molecule has 1 amide bonds. The summed E-state index contributed by atoms with van der Waals surface area (Å²) in [5, 5.41) is 1.26. The van der Waals surface area contributed by atoms with Crippen LogP contribution in [0.4, 0.5) is 5.82 Å². The number of aromatic nitrogens is 2. The van der Waals surface area contributed by atoms with Crippen LogP contribution in [-0.2, 0) is 17.8 Å². The predicted octanol–water partition coefficient (Wildman–Crippen LogP) is 5.83. The van der Waals surface area contributed by atoms with Crippen molar-refractivity contribution in [2.75, 3.05) is 24.6 Å². The summed E-state index contributed by atoms with van der Waals surface area (Å²) >= 11 is 8.20. The van der Waals surface area contributed by atoms with E-state index in [2.05, 4.69) is 16.8 Å². The average molecular weight is 521 g/mol. The van der Waals surface area contributed by atoms with E-state index in [1.54, 1.807) is 6.20 Å². The van der Waals surface area contributed by atoms with Crippen LogP contribution in [0, 0.1) is 5.41 Å². The van der Waals surface area contributed by atoms with Crippen LogP contribution in [0.25, 0.3) is 0 Å². The Balaban J connectivity index is 1.12. The molecule has 6 rings (SSSR count). The van der Waals surface area contributed by atoms with E-state index in [1.807, 2.05) is 53.6 Å². The molecule has 0 saturated carbocycles. The highest BCUT2D eigenvalue weighted by Crippen LogP contribution is 2.43. The first-order valence-electron chi connectivity index (χ1n) is 12.5. The fourth-order valence-corrected chi connectivity index (χ4v) is 6.79. The zero-order valence-electron chi connectivity index (χ0n) is 20.3. The van der Waals surface area contributed by atoms with E-state index < -0.39 is 0 Å². The third-order valence-electron chi connectivity index (χ3n) is 7.64. The Bertz CT molecular complexity index is 1260. The molecule has 2 fully saturated rings. The number of nitrogens with zero attached hydrogens (tertiary/aromatic N) is 4. The van der Waals surface area contributed by atoms with Gasteiger partial charge in [-0.05, 0) is 48.8 Å². The van der Waals surface area contributed by atoms with Gasteiger partial charge in [0.1, 0.15) is 10.8 Å². The molecule has 0 bridgehead atoms. The first-order valence-corrected chi connectivity index (χ1v) is 13.7. The fraction of sp³-hybridized carbons (Fsp3) is 0.393. The molecule has 3 aliphatic heterocycles. The largest absolute Gasteiger partial charge is 0.378 e. The summed E-state index contributed by atoms with van der Waals surface area (Å²) in [5.74, 6) is 0.889. The number of benzene rings is 2. The molecule has 2 saturated heterocycles. The normalized spacial score (nSPS) is 20.8. The Labute approximate surface area is 221 Å². The van der Waals surface area contributed by atoms with E-state index in [-0.39, 0.29) is 5.91 Å². The lowest BCUT2D eigenvalue weighted by Gasteiger charge is -2.38. The minimum Gasteiger partial charge on any atom is -0.378 e. The lowest BCUT2D eigenvalue weighted by molar-refractivity contribution is 0.0766. The van der Waals surface area contributed by atoms with Crippen LogP contribution < -0.4 is 4.90 Å². The number of piperidine rings is 1. The van der Waals surface area contributed by atoms with Crippen molar-refractivity contribution in [1.82, 2.24) is 14.9 Å². The van der Waals surface area contributed by atoms with Crippen molar-refractivity contribution in [2.45, 2.75) is 55.3 Å². The molecule has 3 aromatic rings. The summed E-state index contributed by atoms with van der Waals surface area (Å²) in [6.45, 7) is 6.17. The average Bonchev–Trinajstić information content (AvgIpc) is 3.42. The van der Waals surface area contributed by atoms with Crippen LogP contribution >= 0.6 is 23.4 Å². The van der Waals surface area contributed by atoms with E-state index in [4.69, 9.17) is 21.3 Å². The third-order valence-corrected chi connectivity index (χ3v) is 9.13. The second kappa shape index (κ2) is 9.69. The van der Waals surface area contributed by atoms with Gasteiger partial charge in [0.25, 0.3) is 5.91 Å². The maximum atomic E-state index is 13.1. The van der Waals surface area contributed by atoms with Crippen LogP contribution in [0.15, 0.2) is 64.8 Å². The molecule has 2 aromatic carbocycles. The summed E-state index contributed by atoms with van der Waals surface area (Å²) in [4.78, 5) is 27.5. The predicted molar refractivity (Wildman–Crippen MR) is 142 cm³/mol. The molecule has 3 aliphatic rings. The second-order valence-corrected chi connectivity index (χ2v) is 11.6. The van der Waals surface area contributed by atoms with Gasteiger partial charge in [0.15, 0.2) is 0 Å². The molecular weight excluding hydrogens is 492 g/mol. The maximum absolute atomic E-state index is 13.1. The number of hydrogen-bond acceptors (Lipinski definition) is 6. The number of ether oxygens (including phenoxy) is 1. The number of carbonyl (C=O) groups is 1. The van der Waals surface area contributed by atoms with Crippen LogP contribution in [0.5, 0.6) is 0 Å². The maximum Gasteiger partial charge on any atom is 0.256 e. The van der Waals surface area contributed by atoms with Crippen molar-refractivity contribution in [3.8, 4) is 0 Å². The minimum atomic E-state index is -0.0207. The number of halogens is 1. The number of fused-ring (bicyclic) bond motifs is 1. The van der Waals surface area contributed by atoms with Gasteiger partial charge in [0, 0.05) is 31.1 Å². The Hall–Kier alpha value is -2.61. The lowest BCUT2D eigenvalue weighted by Crippen LogP contribution is -2.41. The number of rotatable bonds is 5. The summed E-state index contributed by atoms with van der Waals surface area (Å²) in [6.07, 6.45) is 7.46. The SMILES string of the molecule is C[C@H]1CC2(CCN(c3cnc(Sc4ccc5c(c4Cl)C(=O)N(Cc4ccccc4)C5)cn3)CC2)CO1. The standard InChI is InChI=1S/C28H29ClN4O2S/c1-19-13-28(18-35-19)9-11-32(12-10-28)23-14-31-24(15-30-23)36-22-8-7-21-17-33(27(34)25(21)26(22)29)16-20-5-3-2-4-6-20/h2-8,14-15,19H,9-13,16-18H2,1H3/t19-/m0/s1. The second-order valence-electron chi connectivity index (χ2n) is 10.2. The van der Waals surface area contributed by atoms with Crippen LogP contribution in [0.2, 0.25) is 5.02 Å². The van der Waals surface area contributed by atoms with Gasteiger partial charge in [0.05, 0.1) is 35.7 Å². The fourth-order valence-electron chi connectivity index (χ4n) is 5.65. The molecule has 6 nitrogen and oxygen atoms in total. The molecule has 36 heavy (non-hydrogen) atoms. The van der Waals surface area contributed by atoms with Crippen LogP contribution in [0.3, 0.4) is 0 Å². The molecule has 8 heteroatoms. The highest BCUT2D eigenvalue weighted by Gasteiger charge is 2.41. The minimum absolute atomic E-state index is 0.0207. The molecule has 0 N–H and O–H groups in total. The van der Waals surface area contributed by atoms with Crippen molar-refractivity contribution in [1.29, 1.82) is 0 Å². The number of anilines is 1. The number of hydrogen-bond donors (Lipinski definition) is 0. The topological polar surface area (TPSA) is 58.6 Å². The molecular formula is C28H29ClN4O2S. The van der Waals surface area contributed by atoms with Gasteiger partial charge in [-0.15, -0.1) is 0 Å². The monoisotopic (exact) mass is 520 g/mol. The number of carbonyl (C=O) groups excluding carboxylic acids is 1. The Morgan fingerprint density at radius 1 is 1.11 bits per heavy atom. The third kappa shape index (κ3) is 4.60. The van der Waals surface area contributed by atoms with Gasteiger partial charge in [-0.3, -0.25) is 4.79 Å². The van der Waals surface area contributed by atoms with Gasteiger partial charge in [-0.25, -0.2) is 9.97 Å². The molecule has 1 spiro atoms. The van der Waals surface area contributed by atoms with Crippen LogP contribution in [0.1, 0.15) is 47.7 Å². The highest BCUT2D eigenvalue weighted by atomic mass is 35.5. The number of amides is 1. The van der Waals surface area contributed by atoms with Crippen molar-refractivity contribution < 1.29 is 9.53 Å². The summed E-state index contributed by atoms with van der Waals surface area (Å²) in [5.41, 5.74) is 3.03. The molecule has 0 aliphatic carbocycles. The van der Waals surface area contributed by atoms with Gasteiger partial charge >= 0.3 is 0 Å². The first-order chi connectivity index (χ1) is 17.5. The quantitative estimate of drug-likeness (QED) is 0.421. The molecule has 1 atom stereocenters. The lowest BCUT2D eigenvalue weighted by atomic mass is 9.77. The summed E-state index contributed by atoms with van der Waals surface area (Å²) < 4.78 is 5.85. The highest BCUT2D eigenvalue weighted by molar-refractivity contribution is 7.99. The van der Waals surface area contributed by atoms with Crippen molar-refractivity contribution in [3.63, 3.8) is 0 Å². The van der Waals surface area contributed by atoms with Crippen molar-refractivity contribution in [3.05, 3.63) is 76.6 Å². The van der Waals surface area contributed by atoms with E-state index >= 15 is 0 Å². The zero-order valence-corrected chi connectivity index (χ0v) is 21.9. The Morgan fingerprint density at radius 2 is 1.92 bits per heavy atom. The van der Waals surface area contributed by atoms with Gasteiger partial charge < -0.3 is 14.5 Å². The molecule has 4 heterocycles. The van der Waals surface area contributed by atoms with E-state index in [9.17, 15) is 4.79 Å². The van der Waals surface area contributed by atoms with Crippen LogP contribution in [-0.4, -0.2) is 46.6 Å². The van der Waals surface area contributed by atoms with Gasteiger partial charge in [-0.2, -0.15) is 0 Å². The van der Waals surface area contributed by atoms with Gasteiger partial charge in [-0.1, -0.05) is 59.8 Å². The first kappa shape index (κ1) is 23.8. The molecule has 0 radical (unpaired) electrons. The van der Waals surface area contributed by atoms with Crippen molar-refractivity contribution >= 4 is 35.1 Å².